The molecule has 1 atom stereocenters. The molecule has 24 heavy (non-hydrogen) atoms. The van der Waals surface area contributed by atoms with Crippen LogP contribution in [-0.4, -0.2) is 38.9 Å². The highest BCUT2D eigenvalue weighted by Gasteiger charge is 2.27. The van der Waals surface area contributed by atoms with Crippen molar-refractivity contribution in [1.29, 1.82) is 0 Å². The molecule has 2 fully saturated rings. The van der Waals surface area contributed by atoms with Crippen molar-refractivity contribution in [2.24, 2.45) is 5.92 Å². The standard InChI is InChI=1S/C18H26N2O3S/c21-18(8-7-15-9-12-24(22,23)14-15)19-16-5-4-6-17(13-16)20-10-2-1-3-11-20/h4-6,13,15H,1-3,7-12,14H2,(H,19,21). The van der Waals surface area contributed by atoms with Crippen LogP contribution < -0.4 is 10.2 Å². The number of benzene rings is 1. The number of carbonyl (C=O) groups is 1. The molecule has 2 aliphatic heterocycles. The second-order valence-corrected chi connectivity index (χ2v) is 9.18. The van der Waals surface area contributed by atoms with Crippen LogP contribution in [0.4, 0.5) is 11.4 Å². The maximum Gasteiger partial charge on any atom is 0.224 e. The van der Waals surface area contributed by atoms with E-state index in [1.807, 2.05) is 18.2 Å². The van der Waals surface area contributed by atoms with Crippen molar-refractivity contribution in [2.75, 3.05) is 34.8 Å². The first-order chi connectivity index (χ1) is 11.5. The molecule has 2 aliphatic rings. The zero-order valence-electron chi connectivity index (χ0n) is 14.0. The van der Waals surface area contributed by atoms with Gasteiger partial charge in [0.15, 0.2) is 9.84 Å². The quantitative estimate of drug-likeness (QED) is 0.887. The van der Waals surface area contributed by atoms with Crippen LogP contribution in [0.15, 0.2) is 24.3 Å². The summed E-state index contributed by atoms with van der Waals surface area (Å²) < 4.78 is 22.9. The molecule has 0 spiro atoms. The van der Waals surface area contributed by atoms with E-state index in [9.17, 15) is 13.2 Å². The Hall–Kier alpha value is -1.56. The Morgan fingerprint density at radius 1 is 1.21 bits per heavy atom. The van der Waals surface area contributed by atoms with E-state index in [0.29, 0.717) is 19.3 Å². The van der Waals surface area contributed by atoms with E-state index in [1.165, 1.54) is 19.3 Å². The Morgan fingerprint density at radius 2 is 2.00 bits per heavy atom. The topological polar surface area (TPSA) is 66.5 Å². The van der Waals surface area contributed by atoms with Crippen LogP contribution in [0.2, 0.25) is 0 Å². The number of amides is 1. The molecule has 0 saturated carbocycles. The zero-order valence-corrected chi connectivity index (χ0v) is 14.9. The summed E-state index contributed by atoms with van der Waals surface area (Å²) in [6.45, 7) is 2.15. The van der Waals surface area contributed by atoms with Gasteiger partial charge in [-0.3, -0.25) is 4.79 Å². The Morgan fingerprint density at radius 3 is 2.71 bits per heavy atom. The lowest BCUT2D eigenvalue weighted by atomic mass is 10.0. The molecule has 1 N–H and O–H groups in total. The number of piperidine rings is 1. The van der Waals surface area contributed by atoms with Crippen LogP contribution in [0.1, 0.15) is 38.5 Å². The fourth-order valence-electron chi connectivity index (χ4n) is 3.59. The van der Waals surface area contributed by atoms with Gasteiger partial charge in [0.1, 0.15) is 0 Å². The maximum absolute atomic E-state index is 12.1. The molecule has 3 rings (SSSR count). The molecule has 0 radical (unpaired) electrons. The Bertz CT molecular complexity index is 681. The monoisotopic (exact) mass is 350 g/mol. The fraction of sp³-hybridized carbons (Fsp3) is 0.611. The second-order valence-electron chi connectivity index (χ2n) is 6.95. The average molecular weight is 350 g/mol. The van der Waals surface area contributed by atoms with Gasteiger partial charge in [0.05, 0.1) is 11.5 Å². The number of carbonyl (C=O) groups excluding carboxylic acids is 1. The highest BCUT2D eigenvalue weighted by atomic mass is 32.2. The Balaban J connectivity index is 1.51. The maximum atomic E-state index is 12.1. The van der Waals surface area contributed by atoms with E-state index >= 15 is 0 Å². The van der Waals surface area contributed by atoms with Gasteiger partial charge in [-0.05, 0) is 56.2 Å². The molecule has 1 aromatic carbocycles. The molecule has 132 valence electrons. The van der Waals surface area contributed by atoms with Crippen LogP contribution in [0.5, 0.6) is 0 Å². The first-order valence-corrected chi connectivity index (χ1v) is 10.7. The van der Waals surface area contributed by atoms with E-state index < -0.39 is 9.84 Å². The van der Waals surface area contributed by atoms with Gasteiger partial charge < -0.3 is 10.2 Å². The number of hydrogen-bond acceptors (Lipinski definition) is 4. The van der Waals surface area contributed by atoms with Crippen molar-refractivity contribution >= 4 is 27.1 Å². The number of rotatable bonds is 5. The normalized spacial score (nSPS) is 23.2. The smallest absolute Gasteiger partial charge is 0.224 e. The van der Waals surface area contributed by atoms with Crippen molar-refractivity contribution in [2.45, 2.75) is 38.5 Å². The largest absolute Gasteiger partial charge is 0.371 e. The number of hydrogen-bond donors (Lipinski definition) is 1. The molecule has 2 saturated heterocycles. The van der Waals surface area contributed by atoms with Crippen LogP contribution in [0.25, 0.3) is 0 Å². The summed E-state index contributed by atoms with van der Waals surface area (Å²) in [6.07, 6.45) is 5.47. The van der Waals surface area contributed by atoms with Crippen molar-refractivity contribution in [3.63, 3.8) is 0 Å². The van der Waals surface area contributed by atoms with Crippen LogP contribution >= 0.6 is 0 Å². The third-order valence-corrected chi connectivity index (χ3v) is 6.79. The number of nitrogens with one attached hydrogen (secondary N) is 1. The molecule has 1 unspecified atom stereocenters. The fourth-order valence-corrected chi connectivity index (χ4v) is 5.50. The third-order valence-electron chi connectivity index (χ3n) is 4.96. The highest BCUT2D eigenvalue weighted by molar-refractivity contribution is 7.91. The molecule has 5 nitrogen and oxygen atoms in total. The molecule has 1 amide bonds. The van der Waals surface area contributed by atoms with Crippen LogP contribution in [0.3, 0.4) is 0 Å². The lowest BCUT2D eigenvalue weighted by molar-refractivity contribution is -0.116. The minimum absolute atomic E-state index is 0.0323. The van der Waals surface area contributed by atoms with E-state index in [-0.39, 0.29) is 23.3 Å². The van der Waals surface area contributed by atoms with E-state index in [1.54, 1.807) is 0 Å². The first kappa shape index (κ1) is 17.3. The Kier molecular flexibility index (Phi) is 5.43. The van der Waals surface area contributed by atoms with Gasteiger partial charge in [-0.1, -0.05) is 6.07 Å². The van der Waals surface area contributed by atoms with Gasteiger partial charge in [0.25, 0.3) is 0 Å². The van der Waals surface area contributed by atoms with Crippen molar-refractivity contribution in [3.8, 4) is 0 Å². The van der Waals surface area contributed by atoms with Crippen LogP contribution in [0, 0.1) is 5.92 Å². The SMILES string of the molecule is O=C(CCC1CCS(=O)(=O)C1)Nc1cccc(N2CCCCC2)c1. The molecule has 6 heteroatoms. The molecular formula is C18H26N2O3S. The van der Waals surface area contributed by atoms with Gasteiger partial charge in [0.2, 0.25) is 5.91 Å². The average Bonchev–Trinajstić information content (AvgIpc) is 2.93. The van der Waals surface area contributed by atoms with Crippen molar-refractivity contribution < 1.29 is 13.2 Å². The predicted octanol–water partition coefficient (Wildman–Crippen LogP) is 2.83. The Labute approximate surface area is 144 Å². The first-order valence-electron chi connectivity index (χ1n) is 8.87. The van der Waals surface area contributed by atoms with Gasteiger partial charge in [-0.2, -0.15) is 0 Å². The van der Waals surface area contributed by atoms with E-state index in [0.717, 1.165) is 24.5 Å². The molecular weight excluding hydrogens is 324 g/mol. The number of nitrogens with zero attached hydrogens (tertiary/aromatic N) is 1. The zero-order chi connectivity index (χ0) is 17.0. The molecule has 0 aromatic heterocycles. The van der Waals surface area contributed by atoms with Crippen molar-refractivity contribution in [3.05, 3.63) is 24.3 Å². The summed E-state index contributed by atoms with van der Waals surface area (Å²) in [7, 11) is -2.86. The summed E-state index contributed by atoms with van der Waals surface area (Å²) in [5.74, 6) is 0.623. The third kappa shape index (κ3) is 4.72. The summed E-state index contributed by atoms with van der Waals surface area (Å²) in [5, 5.41) is 2.95. The second kappa shape index (κ2) is 7.55. The predicted molar refractivity (Wildman–Crippen MR) is 97.1 cm³/mol. The number of sulfone groups is 1. The summed E-state index contributed by atoms with van der Waals surface area (Å²) >= 11 is 0. The lowest BCUT2D eigenvalue weighted by Gasteiger charge is -2.29. The van der Waals surface area contributed by atoms with Crippen LogP contribution in [-0.2, 0) is 14.6 Å². The minimum atomic E-state index is -2.86. The molecule has 0 aliphatic carbocycles. The van der Waals surface area contributed by atoms with E-state index in [4.69, 9.17) is 0 Å². The minimum Gasteiger partial charge on any atom is -0.371 e. The highest BCUT2D eigenvalue weighted by Crippen LogP contribution is 2.25. The van der Waals surface area contributed by atoms with Gasteiger partial charge in [0, 0.05) is 30.9 Å². The summed E-state index contributed by atoms with van der Waals surface area (Å²) in [5.41, 5.74) is 1.98. The molecule has 2 heterocycles. The van der Waals surface area contributed by atoms with Gasteiger partial charge in [-0.25, -0.2) is 8.42 Å². The number of anilines is 2. The molecule has 0 bridgehead atoms. The van der Waals surface area contributed by atoms with Gasteiger partial charge >= 0.3 is 0 Å². The van der Waals surface area contributed by atoms with Gasteiger partial charge in [-0.15, -0.1) is 0 Å². The summed E-state index contributed by atoms with van der Waals surface area (Å²) in [6, 6.07) is 8.00. The van der Waals surface area contributed by atoms with Crippen molar-refractivity contribution in [1.82, 2.24) is 0 Å². The summed E-state index contributed by atoms with van der Waals surface area (Å²) in [4.78, 5) is 14.5. The van der Waals surface area contributed by atoms with E-state index in [2.05, 4.69) is 16.3 Å². The lowest BCUT2D eigenvalue weighted by Crippen LogP contribution is -2.29. The molecule has 1 aromatic rings.